The molecule has 4 N–H and O–H groups in total. The van der Waals surface area contributed by atoms with Crippen LogP contribution in [0.5, 0.6) is 0 Å². The third kappa shape index (κ3) is 6.39. The second-order valence-corrected chi connectivity index (χ2v) is 2.39. The van der Waals surface area contributed by atoms with Crippen molar-refractivity contribution in [2.45, 2.75) is 24.7 Å². The Kier molecular flexibility index (Phi) is 9.33. The first-order valence-electron chi connectivity index (χ1n) is 3.35. The summed E-state index contributed by atoms with van der Waals surface area (Å²) >= 11 is 0. The van der Waals surface area contributed by atoms with E-state index in [9.17, 15) is 9.90 Å². The molecule has 0 aromatic heterocycles. The van der Waals surface area contributed by atoms with Crippen LogP contribution in [0, 0.1) is 0 Å². The molecule has 0 amide bonds. The van der Waals surface area contributed by atoms with Gasteiger partial charge in [0.1, 0.15) is 6.10 Å². The number of hydrogen-bond donors (Lipinski definition) is 4. The molecule has 0 unspecified atom stereocenters. The zero-order valence-corrected chi connectivity index (χ0v) is 9.25. The van der Waals surface area contributed by atoms with E-state index in [-0.39, 0.29) is 29.6 Å². The number of rotatable bonds is 5. The number of carbonyl (C=O) groups is 1. The Hall–Kier alpha value is 0.310. The first-order chi connectivity index (χ1) is 5.49. The van der Waals surface area contributed by atoms with Gasteiger partial charge in [-0.1, -0.05) is 0 Å². The number of aliphatic carboxylic acids is 1. The van der Waals surface area contributed by atoms with Crippen molar-refractivity contribution >= 4 is 5.97 Å². The van der Waals surface area contributed by atoms with E-state index in [2.05, 4.69) is 0 Å². The van der Waals surface area contributed by atoms with Gasteiger partial charge in [-0.2, -0.15) is 0 Å². The van der Waals surface area contributed by atoms with Gasteiger partial charge in [-0.05, 0) is 0 Å². The molecule has 0 aliphatic rings. The molecule has 0 aromatic rings. The average Bonchev–Trinajstić information content (AvgIpc) is 2.02. The number of aliphatic hydroxyl groups excluding tert-OH is 4. The second-order valence-electron chi connectivity index (χ2n) is 2.39. The molecule has 3 atom stereocenters. The predicted molar refractivity (Wildman–Crippen MR) is 34.7 cm³/mol. The largest absolute Gasteiger partial charge is 1.00 e. The van der Waals surface area contributed by atoms with Gasteiger partial charge < -0.3 is 30.3 Å². The van der Waals surface area contributed by atoms with Gasteiger partial charge in [0.05, 0.1) is 24.8 Å². The third-order valence-corrected chi connectivity index (χ3v) is 1.37. The molecule has 0 bridgehead atoms. The molecule has 72 valence electrons. The van der Waals surface area contributed by atoms with E-state index in [0.29, 0.717) is 0 Å². The van der Waals surface area contributed by atoms with Crippen LogP contribution >= 0.6 is 0 Å². The quantitative estimate of drug-likeness (QED) is 0.329. The topological polar surface area (TPSA) is 121 Å². The van der Waals surface area contributed by atoms with E-state index in [1.165, 1.54) is 0 Å². The molecule has 13 heavy (non-hydrogen) atoms. The van der Waals surface area contributed by atoms with E-state index in [0.717, 1.165) is 0 Å². The summed E-state index contributed by atoms with van der Waals surface area (Å²) in [5, 5.41) is 44.5. The number of hydrogen-bond acceptors (Lipinski definition) is 6. The van der Waals surface area contributed by atoms with Crippen molar-refractivity contribution in [3.8, 4) is 0 Å². The summed E-state index contributed by atoms with van der Waals surface area (Å²) < 4.78 is 0. The zero-order valence-electron chi connectivity index (χ0n) is 7.25. The first-order valence-corrected chi connectivity index (χ1v) is 3.35. The molecule has 0 aromatic carbocycles. The number of aliphatic hydroxyl groups is 4. The van der Waals surface area contributed by atoms with Crippen molar-refractivity contribution in [1.82, 2.24) is 0 Å². The second kappa shape index (κ2) is 7.69. The van der Waals surface area contributed by atoms with Crippen molar-refractivity contribution in [3.63, 3.8) is 0 Å². The standard InChI is InChI=1S/C6H12O6.Na/c7-2-5(10)3(8)1-4(9)6(11)12;/h3-5,7-10H,1-2H2,(H,11,12);/q;+1/p-1/t3-,4+,5-;/m1./s1. The SMILES string of the molecule is O=C([O-])[C@@H](O)C[C@@H](O)[C@H](O)CO.[Na+]. The monoisotopic (exact) mass is 202 g/mol. The van der Waals surface area contributed by atoms with Gasteiger partial charge in [0, 0.05) is 6.42 Å². The van der Waals surface area contributed by atoms with Crippen LogP contribution in [0.1, 0.15) is 6.42 Å². The molecular weight excluding hydrogens is 191 g/mol. The third-order valence-electron chi connectivity index (χ3n) is 1.37. The molecule has 0 heterocycles. The summed E-state index contributed by atoms with van der Waals surface area (Å²) in [6, 6.07) is 0. The number of carboxylic acid groups (broad SMARTS) is 1. The van der Waals surface area contributed by atoms with Crippen LogP contribution < -0.4 is 34.7 Å². The van der Waals surface area contributed by atoms with Gasteiger partial charge in [0.25, 0.3) is 0 Å². The summed E-state index contributed by atoms with van der Waals surface area (Å²) in [4.78, 5) is 9.93. The number of carboxylic acids is 1. The Morgan fingerprint density at radius 2 is 1.69 bits per heavy atom. The van der Waals surface area contributed by atoms with Crippen LogP contribution in [0.2, 0.25) is 0 Å². The minimum atomic E-state index is -1.83. The summed E-state index contributed by atoms with van der Waals surface area (Å²) in [6.07, 6.45) is -5.31. The molecule has 0 rings (SSSR count). The van der Waals surface area contributed by atoms with E-state index < -0.39 is 37.3 Å². The Morgan fingerprint density at radius 1 is 1.23 bits per heavy atom. The molecule has 0 saturated heterocycles. The zero-order chi connectivity index (χ0) is 9.72. The van der Waals surface area contributed by atoms with E-state index in [1.54, 1.807) is 0 Å². The van der Waals surface area contributed by atoms with Gasteiger partial charge in [0.15, 0.2) is 0 Å². The molecule has 7 heteroatoms. The Balaban J connectivity index is 0. The summed E-state index contributed by atoms with van der Waals surface area (Å²) in [7, 11) is 0. The maximum atomic E-state index is 9.93. The smallest absolute Gasteiger partial charge is 0.547 e. The molecule has 0 aliphatic carbocycles. The van der Waals surface area contributed by atoms with E-state index >= 15 is 0 Å². The summed E-state index contributed by atoms with van der Waals surface area (Å²) in [5.41, 5.74) is 0. The minimum absolute atomic E-state index is 0. The molecule has 0 saturated carbocycles. The average molecular weight is 202 g/mol. The summed E-state index contributed by atoms with van der Waals surface area (Å²) in [5.74, 6) is -1.72. The van der Waals surface area contributed by atoms with E-state index in [1.807, 2.05) is 0 Å². The van der Waals surface area contributed by atoms with Crippen LogP contribution in [0.25, 0.3) is 0 Å². The van der Waals surface area contributed by atoms with Crippen molar-refractivity contribution < 1.29 is 59.9 Å². The summed E-state index contributed by atoms with van der Waals surface area (Å²) in [6.45, 7) is -0.694. The molecule has 0 aliphatic heterocycles. The maximum absolute atomic E-state index is 9.93. The maximum Gasteiger partial charge on any atom is 1.00 e. The normalized spacial score (nSPS) is 16.9. The van der Waals surface area contributed by atoms with Crippen molar-refractivity contribution in [3.05, 3.63) is 0 Å². The molecule has 0 spiro atoms. The fourth-order valence-corrected chi connectivity index (χ4v) is 0.604. The van der Waals surface area contributed by atoms with Crippen LogP contribution in [-0.4, -0.2) is 51.3 Å². The minimum Gasteiger partial charge on any atom is -0.547 e. The van der Waals surface area contributed by atoms with Gasteiger partial charge >= 0.3 is 29.6 Å². The molecular formula is C6H11NaO6. The number of carbonyl (C=O) groups excluding carboxylic acids is 1. The molecule has 0 radical (unpaired) electrons. The van der Waals surface area contributed by atoms with Gasteiger partial charge in [-0.25, -0.2) is 0 Å². The van der Waals surface area contributed by atoms with Crippen molar-refractivity contribution in [2.24, 2.45) is 0 Å². The van der Waals surface area contributed by atoms with Crippen LogP contribution in [0.15, 0.2) is 0 Å². The molecule has 0 fully saturated rings. The fourth-order valence-electron chi connectivity index (χ4n) is 0.604. The predicted octanol–water partition coefficient (Wildman–Crippen LogP) is -6.79. The van der Waals surface area contributed by atoms with Crippen molar-refractivity contribution in [1.29, 1.82) is 0 Å². The Morgan fingerprint density at radius 3 is 2.00 bits per heavy atom. The van der Waals surface area contributed by atoms with Crippen molar-refractivity contribution in [2.75, 3.05) is 6.61 Å². The van der Waals surface area contributed by atoms with Crippen LogP contribution in [0.4, 0.5) is 0 Å². The van der Waals surface area contributed by atoms with Gasteiger partial charge in [-0.15, -0.1) is 0 Å². The first kappa shape index (κ1) is 15.8. The van der Waals surface area contributed by atoms with Crippen LogP contribution in [0.3, 0.4) is 0 Å². The van der Waals surface area contributed by atoms with Gasteiger partial charge in [0.2, 0.25) is 0 Å². The fraction of sp³-hybridized carbons (Fsp3) is 0.833. The Bertz CT molecular complexity index is 152. The van der Waals surface area contributed by atoms with E-state index in [4.69, 9.17) is 20.4 Å². The van der Waals surface area contributed by atoms with Crippen LogP contribution in [-0.2, 0) is 4.79 Å². The Labute approximate surface area is 97.1 Å². The molecule has 6 nitrogen and oxygen atoms in total. The van der Waals surface area contributed by atoms with Gasteiger partial charge in [-0.3, -0.25) is 0 Å².